The molecule has 3 rings (SSSR count). The van der Waals surface area contributed by atoms with Crippen LogP contribution in [0, 0.1) is 0 Å². The van der Waals surface area contributed by atoms with Gasteiger partial charge in [-0.3, -0.25) is 4.79 Å². The number of fused-ring (bicyclic) bond motifs is 3. The van der Waals surface area contributed by atoms with Gasteiger partial charge in [-0.15, -0.1) is 0 Å². The van der Waals surface area contributed by atoms with Gasteiger partial charge < -0.3 is 15.5 Å². The zero-order valence-electron chi connectivity index (χ0n) is 10.5. The molecular formula is C13H19N3OS. The molecule has 1 aromatic rings. The van der Waals surface area contributed by atoms with E-state index in [1.54, 1.807) is 0 Å². The van der Waals surface area contributed by atoms with E-state index in [2.05, 4.69) is 34.6 Å². The lowest BCUT2D eigenvalue weighted by Gasteiger charge is -2.42. The average Bonchev–Trinajstić information content (AvgIpc) is 2.38. The molecule has 0 spiro atoms. The van der Waals surface area contributed by atoms with Crippen LogP contribution in [0.25, 0.3) is 0 Å². The van der Waals surface area contributed by atoms with Crippen molar-refractivity contribution in [1.29, 1.82) is 0 Å². The van der Waals surface area contributed by atoms with Crippen LogP contribution in [0.15, 0.2) is 18.2 Å². The normalized spacial score (nSPS) is 21.5. The van der Waals surface area contributed by atoms with Gasteiger partial charge in [0.1, 0.15) is 6.17 Å². The van der Waals surface area contributed by atoms with E-state index in [0.29, 0.717) is 0 Å². The van der Waals surface area contributed by atoms with Crippen LogP contribution in [0.5, 0.6) is 0 Å². The van der Waals surface area contributed by atoms with Crippen molar-refractivity contribution < 1.29 is 4.79 Å². The first kappa shape index (κ1) is 13.2. The number of aryl methyl sites for hydroxylation is 1. The van der Waals surface area contributed by atoms with Gasteiger partial charge in [-0.1, -0.05) is 13.0 Å². The van der Waals surface area contributed by atoms with Crippen molar-refractivity contribution in [3.05, 3.63) is 29.3 Å². The quantitative estimate of drug-likeness (QED) is 0.791. The van der Waals surface area contributed by atoms with Gasteiger partial charge in [0.2, 0.25) is 0 Å². The van der Waals surface area contributed by atoms with E-state index in [-0.39, 0.29) is 25.6 Å². The predicted molar refractivity (Wildman–Crippen MR) is 77.7 cm³/mol. The number of nitrogens with one attached hydrogen (secondary N) is 2. The third-order valence-corrected chi connectivity index (χ3v) is 3.56. The van der Waals surface area contributed by atoms with E-state index in [1.165, 1.54) is 5.56 Å². The Morgan fingerprint density at radius 2 is 2.28 bits per heavy atom. The van der Waals surface area contributed by atoms with Crippen LogP contribution < -0.4 is 15.5 Å². The van der Waals surface area contributed by atoms with Crippen molar-refractivity contribution in [3.63, 3.8) is 0 Å². The number of amides is 1. The Labute approximate surface area is 114 Å². The molecule has 2 aliphatic rings. The summed E-state index contributed by atoms with van der Waals surface area (Å²) >= 11 is 0. The highest BCUT2D eigenvalue weighted by atomic mass is 32.1. The summed E-state index contributed by atoms with van der Waals surface area (Å²) in [5, 5.41) is 6.35. The van der Waals surface area contributed by atoms with Gasteiger partial charge >= 0.3 is 0 Å². The fourth-order valence-electron chi connectivity index (χ4n) is 2.59. The van der Waals surface area contributed by atoms with Crippen molar-refractivity contribution in [2.45, 2.75) is 19.5 Å². The second-order valence-corrected chi connectivity index (χ2v) is 4.59. The third kappa shape index (κ3) is 2.08. The highest BCUT2D eigenvalue weighted by molar-refractivity contribution is 7.59. The number of anilines is 1. The first-order chi connectivity index (χ1) is 8.29. The molecule has 0 bridgehead atoms. The van der Waals surface area contributed by atoms with Crippen molar-refractivity contribution in [3.8, 4) is 0 Å². The van der Waals surface area contributed by atoms with Crippen molar-refractivity contribution in [1.82, 2.24) is 10.6 Å². The number of hydrogen-bond donors (Lipinski definition) is 2. The van der Waals surface area contributed by atoms with E-state index < -0.39 is 0 Å². The second-order valence-electron chi connectivity index (χ2n) is 4.59. The Morgan fingerprint density at radius 3 is 3.06 bits per heavy atom. The molecule has 4 nitrogen and oxygen atoms in total. The summed E-state index contributed by atoms with van der Waals surface area (Å²) < 4.78 is 0. The van der Waals surface area contributed by atoms with Crippen LogP contribution in [-0.4, -0.2) is 31.7 Å². The number of carbonyl (C=O) groups is 1. The SMILES string of the molecule is CCc1ccc2c(c1)C(=O)NC1CNCCN21.S. The van der Waals surface area contributed by atoms with Gasteiger partial charge in [0.15, 0.2) is 0 Å². The third-order valence-electron chi connectivity index (χ3n) is 3.56. The fraction of sp³-hybridized carbons (Fsp3) is 0.462. The van der Waals surface area contributed by atoms with E-state index in [4.69, 9.17) is 0 Å². The minimum atomic E-state index is 0. The molecule has 1 saturated heterocycles. The number of piperazine rings is 1. The Morgan fingerprint density at radius 1 is 1.44 bits per heavy atom. The smallest absolute Gasteiger partial charge is 0.255 e. The van der Waals surface area contributed by atoms with E-state index in [1.807, 2.05) is 6.07 Å². The number of rotatable bonds is 1. The molecule has 0 aromatic heterocycles. The zero-order valence-corrected chi connectivity index (χ0v) is 11.5. The zero-order chi connectivity index (χ0) is 11.8. The Kier molecular flexibility index (Phi) is 3.82. The van der Waals surface area contributed by atoms with Crippen LogP contribution in [0.2, 0.25) is 0 Å². The topological polar surface area (TPSA) is 44.4 Å². The monoisotopic (exact) mass is 265 g/mol. The van der Waals surface area contributed by atoms with Crippen LogP contribution in [0.1, 0.15) is 22.8 Å². The van der Waals surface area contributed by atoms with Crippen LogP contribution in [0.3, 0.4) is 0 Å². The van der Waals surface area contributed by atoms with Gasteiger partial charge in [-0.2, -0.15) is 13.5 Å². The maximum absolute atomic E-state index is 12.0. The molecule has 0 saturated carbocycles. The number of hydrogen-bond acceptors (Lipinski definition) is 3. The summed E-state index contributed by atoms with van der Waals surface area (Å²) in [7, 11) is 0. The maximum Gasteiger partial charge on any atom is 0.255 e. The first-order valence-electron chi connectivity index (χ1n) is 6.20. The van der Waals surface area contributed by atoms with E-state index in [9.17, 15) is 4.79 Å². The molecule has 1 aromatic carbocycles. The molecule has 0 radical (unpaired) electrons. The lowest BCUT2D eigenvalue weighted by molar-refractivity contribution is 0.0922. The minimum absolute atomic E-state index is 0. The predicted octanol–water partition coefficient (Wildman–Crippen LogP) is 0.841. The number of nitrogens with zero attached hydrogens (tertiary/aromatic N) is 1. The Balaban J connectivity index is 0.00000120. The lowest BCUT2D eigenvalue weighted by Crippen LogP contribution is -2.62. The minimum Gasteiger partial charge on any atom is -0.348 e. The van der Waals surface area contributed by atoms with E-state index in [0.717, 1.165) is 37.3 Å². The molecule has 1 atom stereocenters. The molecule has 0 aliphatic carbocycles. The molecule has 2 N–H and O–H groups in total. The fourth-order valence-corrected chi connectivity index (χ4v) is 2.59. The first-order valence-corrected chi connectivity index (χ1v) is 6.20. The summed E-state index contributed by atoms with van der Waals surface area (Å²) in [6, 6.07) is 6.23. The average molecular weight is 265 g/mol. The Bertz CT molecular complexity index is 464. The highest BCUT2D eigenvalue weighted by Gasteiger charge is 2.32. The molecule has 1 unspecified atom stereocenters. The summed E-state index contributed by atoms with van der Waals surface area (Å²) in [5.41, 5.74) is 3.12. The molecule has 5 heteroatoms. The maximum atomic E-state index is 12.0. The Hall–Kier alpha value is -1.20. The molecule has 2 heterocycles. The molecule has 1 amide bonds. The van der Waals surface area contributed by atoms with Gasteiger partial charge in [-0.25, -0.2) is 0 Å². The molecular weight excluding hydrogens is 246 g/mol. The summed E-state index contributed by atoms with van der Waals surface area (Å²) in [6.45, 7) is 4.85. The van der Waals surface area contributed by atoms with Crippen LogP contribution in [-0.2, 0) is 6.42 Å². The molecule has 18 heavy (non-hydrogen) atoms. The molecule has 1 fully saturated rings. The standard InChI is InChI=1S/C13H17N3O.H2S/c1-2-9-3-4-11-10(7-9)13(17)15-12-8-14-5-6-16(11)12;/h3-4,7,12,14H,2,5-6,8H2,1H3,(H,15,17);1H2. The molecule has 2 aliphatic heterocycles. The van der Waals surface area contributed by atoms with Gasteiger partial charge in [0, 0.05) is 19.6 Å². The van der Waals surface area contributed by atoms with Crippen LogP contribution in [0.4, 0.5) is 5.69 Å². The van der Waals surface area contributed by atoms with Crippen molar-refractivity contribution >= 4 is 25.1 Å². The van der Waals surface area contributed by atoms with Gasteiger partial charge in [0.25, 0.3) is 5.91 Å². The lowest BCUT2D eigenvalue weighted by atomic mass is 10.0. The summed E-state index contributed by atoms with van der Waals surface area (Å²) in [4.78, 5) is 14.3. The van der Waals surface area contributed by atoms with Crippen molar-refractivity contribution in [2.24, 2.45) is 0 Å². The summed E-state index contributed by atoms with van der Waals surface area (Å²) in [5.74, 6) is 0.0558. The second kappa shape index (κ2) is 5.20. The number of carbonyl (C=O) groups excluding carboxylic acids is 1. The van der Waals surface area contributed by atoms with Crippen LogP contribution >= 0.6 is 13.5 Å². The number of benzene rings is 1. The summed E-state index contributed by atoms with van der Waals surface area (Å²) in [6.07, 6.45) is 1.07. The van der Waals surface area contributed by atoms with Crippen molar-refractivity contribution in [2.75, 3.05) is 24.5 Å². The van der Waals surface area contributed by atoms with Gasteiger partial charge in [-0.05, 0) is 24.1 Å². The van der Waals surface area contributed by atoms with E-state index >= 15 is 0 Å². The largest absolute Gasteiger partial charge is 0.348 e. The van der Waals surface area contributed by atoms with Gasteiger partial charge in [0.05, 0.1) is 11.3 Å². The molecule has 98 valence electrons. The highest BCUT2D eigenvalue weighted by Crippen LogP contribution is 2.28.